The molecule has 3 atom stereocenters. The van der Waals surface area contributed by atoms with E-state index in [1.165, 1.54) is 45.2 Å². The Balaban J connectivity index is 1.93. The molecule has 0 spiro atoms. The van der Waals surface area contributed by atoms with Gasteiger partial charge in [-0.05, 0) is 51.2 Å². The maximum Gasteiger partial charge on any atom is 0.0123 e. The van der Waals surface area contributed by atoms with E-state index in [1.54, 1.807) is 0 Å². The maximum absolute atomic E-state index is 3.47. The molecule has 0 radical (unpaired) electrons. The van der Waals surface area contributed by atoms with Crippen LogP contribution < -0.4 is 5.32 Å². The summed E-state index contributed by atoms with van der Waals surface area (Å²) >= 11 is 0. The highest BCUT2D eigenvalue weighted by Crippen LogP contribution is 2.33. The van der Waals surface area contributed by atoms with Crippen LogP contribution in [-0.4, -0.2) is 37.1 Å². The van der Waals surface area contributed by atoms with Gasteiger partial charge in [-0.25, -0.2) is 0 Å². The molecule has 2 aliphatic rings. The summed E-state index contributed by atoms with van der Waals surface area (Å²) in [6.45, 7) is 7.33. The number of hydrogen-bond acceptors (Lipinski definition) is 2. The van der Waals surface area contributed by atoms with Gasteiger partial charge in [0.2, 0.25) is 0 Å². The number of nitrogens with one attached hydrogen (secondary N) is 1. The van der Waals surface area contributed by atoms with Gasteiger partial charge in [-0.2, -0.15) is 0 Å². The van der Waals surface area contributed by atoms with Crippen LogP contribution in [0.5, 0.6) is 0 Å². The van der Waals surface area contributed by atoms with E-state index in [0.717, 1.165) is 23.9 Å². The molecular weight excluding hydrogens is 196 g/mol. The molecule has 16 heavy (non-hydrogen) atoms. The van der Waals surface area contributed by atoms with Gasteiger partial charge < -0.3 is 10.2 Å². The van der Waals surface area contributed by atoms with Gasteiger partial charge in [-0.15, -0.1) is 0 Å². The quantitative estimate of drug-likeness (QED) is 0.775. The van der Waals surface area contributed by atoms with Crippen molar-refractivity contribution in [2.75, 3.05) is 20.1 Å². The normalized spacial score (nSPS) is 37.9. The van der Waals surface area contributed by atoms with Crippen LogP contribution in [0.25, 0.3) is 0 Å². The van der Waals surface area contributed by atoms with Crippen LogP contribution in [0.4, 0.5) is 0 Å². The van der Waals surface area contributed by atoms with E-state index in [2.05, 4.69) is 31.1 Å². The molecule has 1 heterocycles. The van der Waals surface area contributed by atoms with Crippen molar-refractivity contribution in [2.45, 2.75) is 58.0 Å². The molecule has 2 nitrogen and oxygen atoms in total. The summed E-state index contributed by atoms with van der Waals surface area (Å²) in [6, 6.07) is 1.67. The SMILES string of the molecule is C[C@H]1[C@H](C)CCC[C@@H]1N(C)C1CCNCC1. The molecule has 0 aromatic carbocycles. The minimum Gasteiger partial charge on any atom is -0.317 e. The van der Waals surface area contributed by atoms with Crippen molar-refractivity contribution < 1.29 is 0 Å². The molecule has 0 aromatic heterocycles. The smallest absolute Gasteiger partial charge is 0.0123 e. The lowest BCUT2D eigenvalue weighted by Gasteiger charge is -2.44. The minimum atomic E-state index is 0.832. The van der Waals surface area contributed by atoms with Gasteiger partial charge in [0.25, 0.3) is 0 Å². The molecule has 1 aliphatic heterocycles. The van der Waals surface area contributed by atoms with E-state index < -0.39 is 0 Å². The number of piperidine rings is 1. The van der Waals surface area contributed by atoms with Crippen molar-refractivity contribution in [1.82, 2.24) is 10.2 Å². The zero-order valence-electron chi connectivity index (χ0n) is 11.2. The Hall–Kier alpha value is -0.0800. The zero-order valence-corrected chi connectivity index (χ0v) is 11.2. The van der Waals surface area contributed by atoms with E-state index in [1.807, 2.05) is 0 Å². The summed E-state index contributed by atoms with van der Waals surface area (Å²) < 4.78 is 0. The Morgan fingerprint density at radius 2 is 1.69 bits per heavy atom. The highest BCUT2D eigenvalue weighted by molar-refractivity contribution is 4.87. The second-order valence-corrected chi connectivity index (χ2v) is 5.98. The first kappa shape index (κ1) is 12.4. The summed E-state index contributed by atoms with van der Waals surface area (Å²) in [5.41, 5.74) is 0. The summed E-state index contributed by atoms with van der Waals surface area (Å²) in [6.07, 6.45) is 6.98. The third-order valence-electron chi connectivity index (χ3n) is 5.07. The van der Waals surface area contributed by atoms with Crippen molar-refractivity contribution in [3.63, 3.8) is 0 Å². The Morgan fingerprint density at radius 1 is 1.00 bits per heavy atom. The molecule has 0 unspecified atom stereocenters. The maximum atomic E-state index is 3.47. The van der Waals surface area contributed by atoms with Gasteiger partial charge in [-0.3, -0.25) is 0 Å². The van der Waals surface area contributed by atoms with Crippen LogP contribution in [0.1, 0.15) is 46.0 Å². The van der Waals surface area contributed by atoms with Gasteiger partial charge in [0, 0.05) is 12.1 Å². The standard InChI is InChI=1S/C14H28N2/c1-11-5-4-6-14(12(11)2)16(3)13-7-9-15-10-8-13/h11-15H,4-10H2,1-3H3/t11-,12+,14+/m1/s1. The molecule has 0 amide bonds. The summed E-state index contributed by atoms with van der Waals surface area (Å²) in [4.78, 5) is 2.71. The number of nitrogens with zero attached hydrogens (tertiary/aromatic N) is 1. The summed E-state index contributed by atoms with van der Waals surface area (Å²) in [5, 5.41) is 3.47. The molecular formula is C14H28N2. The number of rotatable bonds is 2. The van der Waals surface area contributed by atoms with Crippen molar-refractivity contribution >= 4 is 0 Å². The lowest BCUT2D eigenvalue weighted by Crippen LogP contribution is -2.50. The molecule has 2 heteroatoms. The molecule has 1 saturated heterocycles. The molecule has 2 rings (SSSR count). The third-order valence-corrected chi connectivity index (χ3v) is 5.07. The van der Waals surface area contributed by atoms with E-state index in [4.69, 9.17) is 0 Å². The van der Waals surface area contributed by atoms with Gasteiger partial charge in [0.15, 0.2) is 0 Å². The van der Waals surface area contributed by atoms with Crippen LogP contribution in [0.2, 0.25) is 0 Å². The summed E-state index contributed by atoms with van der Waals surface area (Å²) in [5.74, 6) is 1.80. The largest absolute Gasteiger partial charge is 0.317 e. The lowest BCUT2D eigenvalue weighted by atomic mass is 9.77. The Labute approximate surface area is 101 Å². The van der Waals surface area contributed by atoms with Gasteiger partial charge in [-0.1, -0.05) is 26.7 Å². The molecule has 0 bridgehead atoms. The third kappa shape index (κ3) is 2.60. The first-order valence-electron chi connectivity index (χ1n) is 7.13. The van der Waals surface area contributed by atoms with Crippen molar-refractivity contribution in [1.29, 1.82) is 0 Å². The molecule has 1 saturated carbocycles. The molecule has 94 valence electrons. The van der Waals surface area contributed by atoms with E-state index >= 15 is 0 Å². The van der Waals surface area contributed by atoms with Crippen LogP contribution in [0.15, 0.2) is 0 Å². The Kier molecular flexibility index (Phi) is 4.26. The minimum absolute atomic E-state index is 0.832. The van der Waals surface area contributed by atoms with Gasteiger partial charge in [0.1, 0.15) is 0 Å². The molecule has 0 aromatic rings. The second-order valence-electron chi connectivity index (χ2n) is 5.98. The first-order valence-corrected chi connectivity index (χ1v) is 7.13. The summed E-state index contributed by atoms with van der Waals surface area (Å²) in [7, 11) is 2.37. The van der Waals surface area contributed by atoms with Crippen molar-refractivity contribution in [3.8, 4) is 0 Å². The fraction of sp³-hybridized carbons (Fsp3) is 1.00. The average molecular weight is 224 g/mol. The second kappa shape index (κ2) is 5.50. The fourth-order valence-corrected chi connectivity index (χ4v) is 3.61. The van der Waals surface area contributed by atoms with Gasteiger partial charge >= 0.3 is 0 Å². The van der Waals surface area contributed by atoms with Crippen LogP contribution in [-0.2, 0) is 0 Å². The molecule has 1 N–H and O–H groups in total. The highest BCUT2D eigenvalue weighted by atomic mass is 15.2. The first-order chi connectivity index (χ1) is 7.70. The van der Waals surface area contributed by atoms with E-state index in [9.17, 15) is 0 Å². The zero-order chi connectivity index (χ0) is 11.5. The lowest BCUT2D eigenvalue weighted by molar-refractivity contribution is 0.0571. The highest BCUT2D eigenvalue weighted by Gasteiger charge is 2.33. The molecule has 2 fully saturated rings. The molecule has 1 aliphatic carbocycles. The fourth-order valence-electron chi connectivity index (χ4n) is 3.61. The van der Waals surface area contributed by atoms with E-state index in [-0.39, 0.29) is 0 Å². The monoisotopic (exact) mass is 224 g/mol. The number of hydrogen-bond donors (Lipinski definition) is 1. The Morgan fingerprint density at radius 3 is 2.38 bits per heavy atom. The van der Waals surface area contributed by atoms with Gasteiger partial charge in [0.05, 0.1) is 0 Å². The topological polar surface area (TPSA) is 15.3 Å². The Bertz CT molecular complexity index is 211. The average Bonchev–Trinajstić information content (AvgIpc) is 2.33. The van der Waals surface area contributed by atoms with Crippen molar-refractivity contribution in [2.24, 2.45) is 11.8 Å². The predicted octanol–water partition coefficient (Wildman–Crippen LogP) is 2.49. The van der Waals surface area contributed by atoms with E-state index in [0.29, 0.717) is 0 Å². The van der Waals surface area contributed by atoms with Crippen LogP contribution in [0.3, 0.4) is 0 Å². The van der Waals surface area contributed by atoms with Crippen molar-refractivity contribution in [3.05, 3.63) is 0 Å². The predicted molar refractivity (Wildman–Crippen MR) is 69.6 cm³/mol. The van der Waals surface area contributed by atoms with Crippen LogP contribution >= 0.6 is 0 Å². The van der Waals surface area contributed by atoms with Crippen LogP contribution in [0, 0.1) is 11.8 Å².